The largest absolute Gasteiger partial charge is 0.426 e. The summed E-state index contributed by atoms with van der Waals surface area (Å²) in [6.45, 7) is 4.42. The van der Waals surface area contributed by atoms with Gasteiger partial charge in [-0.1, -0.05) is 68.5 Å². The molecule has 2 aromatic rings. The monoisotopic (exact) mass is 455 g/mol. The topological polar surface area (TPSA) is 63.7 Å². The maximum Gasteiger partial charge on any atom is 0.312 e. The number of ether oxygens (including phenoxy) is 1. The first kappa shape index (κ1) is 21.3. The van der Waals surface area contributed by atoms with E-state index in [0.717, 1.165) is 12.0 Å². The third-order valence-corrected chi connectivity index (χ3v) is 8.60. The van der Waals surface area contributed by atoms with Crippen LogP contribution < -0.4 is 4.74 Å². The van der Waals surface area contributed by atoms with Crippen molar-refractivity contribution in [3.63, 3.8) is 0 Å². The Bertz CT molecular complexity index is 1150. The highest BCUT2D eigenvalue weighted by atomic mass is 16.5. The number of hydrogen-bond acceptors (Lipinski definition) is 4. The predicted octanol–water partition coefficient (Wildman–Crippen LogP) is 4.36. The van der Waals surface area contributed by atoms with E-state index in [0.29, 0.717) is 17.6 Å². The third kappa shape index (κ3) is 3.24. The molecule has 6 atom stereocenters. The molecule has 174 valence electrons. The standard InChI is InChI=1S/C29H29NO4/c1-29(2,17-6-4-3-5-7-17)18-8-10-19(11-9-18)34-24(31)14-15-30-27(32)25-20-12-13-21(23-16-22(20)23)26(25)28(30)33/h3-13,20-23,25-26H,14-16H2,1-2H3/t20-,21-,22-,23-,25+,26+/m0/s1. The van der Waals surface area contributed by atoms with Crippen LogP contribution in [0.2, 0.25) is 0 Å². The van der Waals surface area contributed by atoms with Gasteiger partial charge in [0.2, 0.25) is 11.8 Å². The SMILES string of the molecule is CC(C)(c1ccccc1)c1ccc(OC(=O)CCN2C(=O)[C@@H]3[C@H]4C=C[C@@H]([C@@H]5C[C@@H]45)[C@H]3C2=O)cc1. The number of rotatable bonds is 6. The Morgan fingerprint density at radius 1 is 0.882 bits per heavy atom. The summed E-state index contributed by atoms with van der Waals surface area (Å²) in [5.41, 5.74) is 2.16. The number of hydrogen-bond donors (Lipinski definition) is 0. The van der Waals surface area contributed by atoms with Crippen molar-refractivity contribution in [3.8, 4) is 5.75 Å². The van der Waals surface area contributed by atoms with Crippen LogP contribution in [0.4, 0.5) is 0 Å². The molecule has 1 heterocycles. The van der Waals surface area contributed by atoms with Crippen molar-refractivity contribution in [1.29, 1.82) is 0 Å². The van der Waals surface area contributed by atoms with E-state index >= 15 is 0 Å². The van der Waals surface area contributed by atoms with Gasteiger partial charge in [-0.15, -0.1) is 0 Å². The Balaban J connectivity index is 1.07. The summed E-state index contributed by atoms with van der Waals surface area (Å²) in [6, 6.07) is 17.8. The molecular weight excluding hydrogens is 426 g/mol. The van der Waals surface area contributed by atoms with Crippen molar-refractivity contribution >= 4 is 17.8 Å². The van der Waals surface area contributed by atoms with Crippen LogP contribution in [0.5, 0.6) is 5.75 Å². The molecule has 5 aliphatic rings. The molecule has 1 saturated heterocycles. The summed E-state index contributed by atoms with van der Waals surface area (Å²) >= 11 is 0. The molecule has 5 heteroatoms. The molecule has 4 aliphatic carbocycles. The second kappa shape index (κ2) is 7.66. The summed E-state index contributed by atoms with van der Waals surface area (Å²) in [6.07, 6.45) is 5.46. The zero-order chi connectivity index (χ0) is 23.6. The molecule has 0 radical (unpaired) electrons. The molecule has 2 amide bonds. The van der Waals surface area contributed by atoms with Crippen molar-refractivity contribution in [2.45, 2.75) is 32.1 Å². The molecule has 0 unspecified atom stereocenters. The van der Waals surface area contributed by atoms with Crippen molar-refractivity contribution < 1.29 is 19.1 Å². The molecular formula is C29H29NO4. The van der Waals surface area contributed by atoms with Crippen LogP contribution in [0.15, 0.2) is 66.7 Å². The highest BCUT2D eigenvalue weighted by molar-refractivity contribution is 6.06. The number of esters is 1. The Kier molecular flexibility index (Phi) is 4.80. The lowest BCUT2D eigenvalue weighted by Gasteiger charge is -2.37. The molecule has 2 aromatic carbocycles. The van der Waals surface area contributed by atoms with Crippen LogP contribution in [0.1, 0.15) is 37.8 Å². The number of carbonyl (C=O) groups excluding carboxylic acids is 3. The van der Waals surface area contributed by atoms with E-state index < -0.39 is 5.97 Å². The van der Waals surface area contributed by atoms with E-state index in [4.69, 9.17) is 4.74 Å². The van der Waals surface area contributed by atoms with Gasteiger partial charge in [-0.05, 0) is 53.4 Å². The van der Waals surface area contributed by atoms with Gasteiger partial charge in [0, 0.05) is 12.0 Å². The molecule has 0 aromatic heterocycles. The van der Waals surface area contributed by atoms with Crippen LogP contribution in [0.3, 0.4) is 0 Å². The van der Waals surface area contributed by atoms with E-state index in [-0.39, 0.29) is 53.9 Å². The fourth-order valence-corrected chi connectivity index (χ4v) is 6.59. The lowest BCUT2D eigenvalue weighted by molar-refractivity contribution is -0.141. The number of imide groups is 1. The molecule has 3 fully saturated rings. The van der Waals surface area contributed by atoms with Gasteiger partial charge >= 0.3 is 5.97 Å². The average molecular weight is 456 g/mol. The fourth-order valence-electron chi connectivity index (χ4n) is 6.59. The lowest BCUT2D eigenvalue weighted by Crippen LogP contribution is -2.40. The first-order valence-corrected chi connectivity index (χ1v) is 12.3. The molecule has 5 nitrogen and oxygen atoms in total. The minimum absolute atomic E-state index is 0.00377. The molecule has 2 saturated carbocycles. The number of likely N-dealkylation sites (tertiary alicyclic amines) is 1. The highest BCUT2D eigenvalue weighted by Crippen LogP contribution is 2.65. The Labute approximate surface area is 199 Å². The van der Waals surface area contributed by atoms with Crippen molar-refractivity contribution in [3.05, 3.63) is 77.9 Å². The molecule has 7 rings (SSSR count). The second-order valence-corrected chi connectivity index (χ2v) is 10.7. The number of nitrogens with zero attached hydrogens (tertiary/aromatic N) is 1. The van der Waals surface area contributed by atoms with E-state index in [1.165, 1.54) is 10.5 Å². The van der Waals surface area contributed by atoms with Gasteiger partial charge in [0.1, 0.15) is 5.75 Å². The van der Waals surface area contributed by atoms with Crippen LogP contribution in [0, 0.1) is 35.5 Å². The lowest BCUT2D eigenvalue weighted by atomic mass is 9.63. The van der Waals surface area contributed by atoms with E-state index in [1.807, 2.05) is 30.3 Å². The minimum Gasteiger partial charge on any atom is -0.426 e. The summed E-state index contributed by atoms with van der Waals surface area (Å²) in [4.78, 5) is 39.9. The first-order chi connectivity index (χ1) is 16.4. The number of carbonyl (C=O) groups is 3. The Hall–Kier alpha value is -3.21. The van der Waals surface area contributed by atoms with Gasteiger partial charge in [0.25, 0.3) is 0 Å². The minimum atomic E-state index is -0.436. The summed E-state index contributed by atoms with van der Waals surface area (Å²) < 4.78 is 5.51. The van der Waals surface area contributed by atoms with Crippen molar-refractivity contribution in [1.82, 2.24) is 4.90 Å². The van der Waals surface area contributed by atoms with Gasteiger partial charge in [-0.2, -0.15) is 0 Å². The zero-order valence-corrected chi connectivity index (χ0v) is 19.5. The first-order valence-electron chi connectivity index (χ1n) is 12.3. The molecule has 2 bridgehead atoms. The van der Waals surface area contributed by atoms with Gasteiger partial charge in [-0.25, -0.2) is 0 Å². The number of allylic oxidation sites excluding steroid dienone is 2. The van der Waals surface area contributed by atoms with Crippen molar-refractivity contribution in [2.75, 3.05) is 6.54 Å². The predicted molar refractivity (Wildman–Crippen MR) is 127 cm³/mol. The third-order valence-electron chi connectivity index (χ3n) is 8.60. The maximum absolute atomic E-state index is 13.0. The van der Waals surface area contributed by atoms with Crippen LogP contribution in [0.25, 0.3) is 0 Å². The maximum atomic E-state index is 13.0. The quantitative estimate of drug-likeness (QED) is 0.281. The van der Waals surface area contributed by atoms with E-state index in [9.17, 15) is 14.4 Å². The number of amides is 2. The summed E-state index contributed by atoms with van der Waals surface area (Å²) in [7, 11) is 0. The summed E-state index contributed by atoms with van der Waals surface area (Å²) in [5.74, 6) is 0.951. The normalized spacial score (nSPS) is 30.8. The van der Waals surface area contributed by atoms with Crippen LogP contribution in [-0.4, -0.2) is 29.2 Å². The van der Waals surface area contributed by atoms with Gasteiger partial charge in [-0.3, -0.25) is 19.3 Å². The van der Waals surface area contributed by atoms with E-state index in [2.05, 4.69) is 38.1 Å². The smallest absolute Gasteiger partial charge is 0.312 e. The van der Waals surface area contributed by atoms with Gasteiger partial charge in [0.15, 0.2) is 0 Å². The van der Waals surface area contributed by atoms with Gasteiger partial charge in [0.05, 0.1) is 18.3 Å². The zero-order valence-electron chi connectivity index (χ0n) is 19.5. The highest BCUT2D eigenvalue weighted by Gasteiger charge is 2.66. The molecule has 0 spiro atoms. The van der Waals surface area contributed by atoms with Gasteiger partial charge < -0.3 is 4.74 Å². The molecule has 34 heavy (non-hydrogen) atoms. The Morgan fingerprint density at radius 3 is 2.03 bits per heavy atom. The van der Waals surface area contributed by atoms with E-state index in [1.54, 1.807) is 12.1 Å². The van der Waals surface area contributed by atoms with Crippen LogP contribution >= 0.6 is 0 Å². The molecule has 0 N–H and O–H groups in total. The fraction of sp³-hybridized carbons (Fsp3) is 0.414. The van der Waals surface area contributed by atoms with Crippen LogP contribution in [-0.2, 0) is 19.8 Å². The molecule has 1 aliphatic heterocycles. The number of benzene rings is 2. The average Bonchev–Trinajstić information content (AvgIpc) is 3.63. The summed E-state index contributed by atoms with van der Waals surface area (Å²) in [5, 5.41) is 0. The van der Waals surface area contributed by atoms with Crippen molar-refractivity contribution in [2.24, 2.45) is 35.5 Å². The Morgan fingerprint density at radius 2 is 1.44 bits per heavy atom. The second-order valence-electron chi connectivity index (χ2n) is 10.7.